The van der Waals surface area contributed by atoms with Crippen molar-refractivity contribution in [2.45, 2.75) is 39.3 Å². The van der Waals surface area contributed by atoms with E-state index in [1.807, 2.05) is 22.6 Å². The molecule has 1 saturated heterocycles. The van der Waals surface area contributed by atoms with E-state index in [4.69, 9.17) is 0 Å². The summed E-state index contributed by atoms with van der Waals surface area (Å²) in [6.07, 6.45) is 6.36. The van der Waals surface area contributed by atoms with Crippen LogP contribution in [0.5, 0.6) is 0 Å². The second kappa shape index (κ2) is 6.10. The van der Waals surface area contributed by atoms with Crippen molar-refractivity contribution < 1.29 is 0 Å². The van der Waals surface area contributed by atoms with Gasteiger partial charge in [0.1, 0.15) is 0 Å². The summed E-state index contributed by atoms with van der Waals surface area (Å²) in [7, 11) is 0. The lowest BCUT2D eigenvalue weighted by molar-refractivity contribution is 0.568. The Bertz CT molecular complexity index is 386. The van der Waals surface area contributed by atoms with Crippen LogP contribution in [-0.4, -0.2) is 33.3 Å². The van der Waals surface area contributed by atoms with Gasteiger partial charge in [0.25, 0.3) is 0 Å². The zero-order chi connectivity index (χ0) is 12.1. The number of nitrogens with zero attached hydrogens (tertiary/aromatic N) is 3. The molecule has 4 nitrogen and oxygen atoms in total. The second-order valence-electron chi connectivity index (χ2n) is 4.35. The summed E-state index contributed by atoms with van der Waals surface area (Å²) in [4.78, 5) is 4.59. The highest BCUT2D eigenvalue weighted by atomic mass is 32.2. The van der Waals surface area contributed by atoms with Crippen molar-refractivity contribution >= 4 is 16.9 Å². The third-order valence-corrected chi connectivity index (χ3v) is 3.83. The summed E-state index contributed by atoms with van der Waals surface area (Å²) in [6.45, 7) is 5.93. The van der Waals surface area contributed by atoms with E-state index in [9.17, 15) is 0 Å². The smallest absolute Gasteiger partial charge is 0.156 e. The van der Waals surface area contributed by atoms with Gasteiger partial charge in [0, 0.05) is 18.0 Å². The first kappa shape index (κ1) is 12.5. The van der Waals surface area contributed by atoms with E-state index in [1.54, 1.807) is 0 Å². The van der Waals surface area contributed by atoms with Crippen LogP contribution in [0, 0.1) is 6.92 Å². The van der Waals surface area contributed by atoms with Gasteiger partial charge in [0.2, 0.25) is 0 Å². The van der Waals surface area contributed by atoms with Crippen LogP contribution in [0.2, 0.25) is 0 Å². The molecule has 5 heteroatoms. The van der Waals surface area contributed by atoms with E-state index in [1.165, 1.54) is 24.2 Å². The zero-order valence-corrected chi connectivity index (χ0v) is 11.3. The minimum Gasteiger partial charge on any atom is -0.362 e. The minimum atomic E-state index is 0.613. The molecule has 94 valence electrons. The SMILES string of the molecule is CCC1CCSC(=NCCn2cc(C)cn2)N1. The van der Waals surface area contributed by atoms with Crippen LogP contribution >= 0.6 is 11.8 Å². The fourth-order valence-corrected chi connectivity index (χ4v) is 2.86. The molecule has 1 atom stereocenters. The van der Waals surface area contributed by atoms with Gasteiger partial charge in [0.15, 0.2) is 5.17 Å². The molecule has 0 aromatic carbocycles. The first-order valence-corrected chi connectivity index (χ1v) is 7.19. The molecule has 17 heavy (non-hydrogen) atoms. The average Bonchev–Trinajstić information content (AvgIpc) is 2.75. The zero-order valence-electron chi connectivity index (χ0n) is 10.5. The van der Waals surface area contributed by atoms with Crippen LogP contribution in [0.3, 0.4) is 0 Å². The van der Waals surface area contributed by atoms with E-state index in [0.29, 0.717) is 6.04 Å². The fraction of sp³-hybridized carbons (Fsp3) is 0.667. The van der Waals surface area contributed by atoms with Gasteiger partial charge >= 0.3 is 0 Å². The van der Waals surface area contributed by atoms with Crippen LogP contribution in [0.25, 0.3) is 0 Å². The normalized spacial score (nSPS) is 22.7. The molecular formula is C12H20N4S. The summed E-state index contributed by atoms with van der Waals surface area (Å²) in [6, 6.07) is 0.613. The van der Waals surface area contributed by atoms with Crippen LogP contribution in [0.1, 0.15) is 25.3 Å². The summed E-state index contributed by atoms with van der Waals surface area (Å²) in [5, 5.41) is 8.83. The van der Waals surface area contributed by atoms with Crippen molar-refractivity contribution in [2.75, 3.05) is 12.3 Å². The number of aliphatic imine (C=N–C) groups is 1. The number of hydrogen-bond donors (Lipinski definition) is 1. The summed E-state index contributed by atoms with van der Waals surface area (Å²) in [5.41, 5.74) is 1.20. The maximum Gasteiger partial charge on any atom is 0.156 e. The molecule has 1 aliphatic rings. The van der Waals surface area contributed by atoms with Gasteiger partial charge in [-0.25, -0.2) is 0 Å². The first-order valence-electron chi connectivity index (χ1n) is 6.20. The Morgan fingerprint density at radius 3 is 3.24 bits per heavy atom. The molecule has 0 amide bonds. The van der Waals surface area contributed by atoms with Gasteiger partial charge < -0.3 is 5.32 Å². The topological polar surface area (TPSA) is 42.2 Å². The van der Waals surface area contributed by atoms with Crippen molar-refractivity contribution in [1.82, 2.24) is 15.1 Å². The van der Waals surface area contributed by atoms with Gasteiger partial charge in [-0.3, -0.25) is 9.67 Å². The number of amidine groups is 1. The lowest BCUT2D eigenvalue weighted by Gasteiger charge is -2.24. The number of thioether (sulfide) groups is 1. The van der Waals surface area contributed by atoms with Gasteiger partial charge in [-0.2, -0.15) is 5.10 Å². The third kappa shape index (κ3) is 3.77. The monoisotopic (exact) mass is 252 g/mol. The summed E-state index contributed by atoms with van der Waals surface area (Å²) in [5.74, 6) is 1.19. The lowest BCUT2D eigenvalue weighted by Crippen LogP contribution is -2.37. The van der Waals surface area contributed by atoms with Gasteiger partial charge in [-0.05, 0) is 25.3 Å². The predicted octanol–water partition coefficient (Wildman–Crippen LogP) is 2.05. The van der Waals surface area contributed by atoms with Gasteiger partial charge in [-0.15, -0.1) is 0 Å². The van der Waals surface area contributed by atoms with Crippen molar-refractivity contribution in [2.24, 2.45) is 4.99 Å². The molecule has 0 bridgehead atoms. The Kier molecular flexibility index (Phi) is 4.48. The Balaban J connectivity index is 1.80. The minimum absolute atomic E-state index is 0.613. The standard InChI is InChI=1S/C12H20N4S/c1-3-11-4-7-17-12(15-11)13-5-6-16-9-10(2)8-14-16/h8-9,11H,3-7H2,1-2H3,(H,13,15). The number of nitrogens with one attached hydrogen (secondary N) is 1. The Labute approximate surface area is 107 Å². The van der Waals surface area contributed by atoms with Crippen molar-refractivity contribution in [3.8, 4) is 0 Å². The molecule has 1 aromatic rings. The van der Waals surface area contributed by atoms with Gasteiger partial charge in [0.05, 0.1) is 19.3 Å². The van der Waals surface area contributed by atoms with E-state index >= 15 is 0 Å². The first-order chi connectivity index (χ1) is 8.28. The molecule has 1 aromatic heterocycles. The molecule has 1 fully saturated rings. The number of aryl methyl sites for hydroxylation is 1. The number of hydrogen-bond acceptors (Lipinski definition) is 3. The van der Waals surface area contributed by atoms with E-state index in [-0.39, 0.29) is 0 Å². The number of aromatic nitrogens is 2. The Hall–Kier alpha value is -0.970. The predicted molar refractivity (Wildman–Crippen MR) is 73.6 cm³/mol. The molecule has 1 aliphatic heterocycles. The molecule has 0 saturated carbocycles. The molecule has 0 radical (unpaired) electrons. The van der Waals surface area contributed by atoms with Crippen molar-refractivity contribution in [3.63, 3.8) is 0 Å². The Morgan fingerprint density at radius 2 is 2.53 bits per heavy atom. The molecule has 1 unspecified atom stereocenters. The lowest BCUT2D eigenvalue weighted by atomic mass is 10.2. The second-order valence-corrected chi connectivity index (χ2v) is 5.44. The molecule has 0 spiro atoms. The van der Waals surface area contributed by atoms with Crippen LogP contribution < -0.4 is 5.32 Å². The Morgan fingerprint density at radius 1 is 1.65 bits per heavy atom. The molecule has 2 rings (SSSR count). The third-order valence-electron chi connectivity index (χ3n) is 2.87. The van der Waals surface area contributed by atoms with Crippen molar-refractivity contribution in [1.29, 1.82) is 0 Å². The highest BCUT2D eigenvalue weighted by molar-refractivity contribution is 8.13. The molecule has 1 N–H and O–H groups in total. The average molecular weight is 252 g/mol. The maximum atomic E-state index is 4.59. The quantitative estimate of drug-likeness (QED) is 0.892. The highest BCUT2D eigenvalue weighted by Gasteiger charge is 2.14. The van der Waals surface area contributed by atoms with Crippen molar-refractivity contribution in [3.05, 3.63) is 18.0 Å². The fourth-order valence-electron chi connectivity index (χ4n) is 1.83. The van der Waals surface area contributed by atoms with Crippen LogP contribution in [-0.2, 0) is 6.54 Å². The largest absolute Gasteiger partial charge is 0.362 e. The molecular weight excluding hydrogens is 232 g/mol. The van der Waals surface area contributed by atoms with Crippen LogP contribution in [0.15, 0.2) is 17.4 Å². The highest BCUT2D eigenvalue weighted by Crippen LogP contribution is 2.15. The van der Waals surface area contributed by atoms with Gasteiger partial charge in [-0.1, -0.05) is 18.7 Å². The van der Waals surface area contributed by atoms with Crippen LogP contribution in [0.4, 0.5) is 0 Å². The molecule has 0 aliphatic carbocycles. The van der Waals surface area contributed by atoms with E-state index < -0.39 is 0 Å². The maximum absolute atomic E-state index is 4.59. The van der Waals surface area contributed by atoms with E-state index in [2.05, 4.69) is 35.5 Å². The summed E-state index contributed by atoms with van der Waals surface area (Å²) >= 11 is 1.83. The number of rotatable bonds is 4. The summed E-state index contributed by atoms with van der Waals surface area (Å²) < 4.78 is 1.95. The van der Waals surface area contributed by atoms with E-state index in [0.717, 1.165) is 18.3 Å². The molecule has 2 heterocycles.